The number of fused-ring (bicyclic) bond motifs is 1. The molecule has 3 heterocycles. The van der Waals surface area contributed by atoms with Crippen LogP contribution in [0.5, 0.6) is 11.6 Å². The first-order valence-electron chi connectivity index (χ1n) is 11.7. The predicted octanol–water partition coefficient (Wildman–Crippen LogP) is 5.18. The lowest BCUT2D eigenvalue weighted by Gasteiger charge is -2.12. The first-order chi connectivity index (χ1) is 17.9. The molecule has 5 rings (SSSR count). The van der Waals surface area contributed by atoms with E-state index < -0.39 is 0 Å². The van der Waals surface area contributed by atoms with Gasteiger partial charge in [-0.1, -0.05) is 43.0 Å². The maximum atomic E-state index is 11.7. The van der Waals surface area contributed by atoms with Crippen molar-refractivity contribution in [2.75, 3.05) is 5.73 Å². The Kier molecular flexibility index (Phi) is 6.38. The number of carbonyl (C=O) groups is 1. The number of hydrogen-bond acceptors (Lipinski definition) is 6. The number of ether oxygens (including phenoxy) is 1. The molecule has 1 amide bonds. The minimum absolute atomic E-state index is 0.220. The van der Waals surface area contributed by atoms with Crippen molar-refractivity contribution in [3.05, 3.63) is 97.0 Å². The topological polar surface area (TPSA) is 108 Å². The average molecular weight is 491 g/mol. The molecule has 8 nitrogen and oxygen atoms in total. The number of anilines is 1. The number of pyridine rings is 1. The van der Waals surface area contributed by atoms with E-state index >= 15 is 0 Å². The fourth-order valence-corrected chi connectivity index (χ4v) is 4.37. The molecule has 0 bridgehead atoms. The predicted molar refractivity (Wildman–Crippen MR) is 145 cm³/mol. The number of amides is 1. The standard InChI is InChI=1S/C29H26N6O2/c1-4-23(36)31-16-19-8-6-9-21(15-19)27-25(26-28(30)32-17-33-29(26)35(27)3)20-11-13-22(14-12-20)37-24-10-5-7-18(2)34-24/h4-15,17H,1,16H2,2-3H3,(H,31,36)(H2,30,32,33). The Bertz CT molecular complexity index is 1620. The molecule has 37 heavy (non-hydrogen) atoms. The SMILES string of the molecule is C=CC(=O)NCc1cccc(-c2c(-c3ccc(Oc4cccc(C)n4)cc3)c3c(N)ncnc3n2C)c1. The van der Waals surface area contributed by atoms with Gasteiger partial charge in [-0.2, -0.15) is 0 Å². The molecule has 184 valence electrons. The summed E-state index contributed by atoms with van der Waals surface area (Å²) in [5.74, 6) is 1.40. The van der Waals surface area contributed by atoms with E-state index in [1.54, 1.807) is 0 Å². The van der Waals surface area contributed by atoms with Gasteiger partial charge in [0.1, 0.15) is 23.5 Å². The highest BCUT2D eigenvalue weighted by molar-refractivity contribution is 6.07. The molecular weight excluding hydrogens is 464 g/mol. The second-order valence-corrected chi connectivity index (χ2v) is 8.61. The van der Waals surface area contributed by atoms with Crippen molar-refractivity contribution in [1.82, 2.24) is 24.8 Å². The van der Waals surface area contributed by atoms with Crippen LogP contribution in [0.2, 0.25) is 0 Å². The summed E-state index contributed by atoms with van der Waals surface area (Å²) in [5.41, 5.74) is 12.7. The van der Waals surface area contributed by atoms with Gasteiger partial charge in [0.05, 0.1) is 11.1 Å². The zero-order chi connectivity index (χ0) is 25.9. The number of benzene rings is 2. The maximum absolute atomic E-state index is 11.7. The Morgan fingerprint density at radius 2 is 1.86 bits per heavy atom. The first kappa shape index (κ1) is 23.7. The number of nitrogens with zero attached hydrogens (tertiary/aromatic N) is 4. The van der Waals surface area contributed by atoms with Crippen molar-refractivity contribution in [1.29, 1.82) is 0 Å². The lowest BCUT2D eigenvalue weighted by molar-refractivity contribution is -0.116. The Morgan fingerprint density at radius 1 is 1.08 bits per heavy atom. The van der Waals surface area contributed by atoms with Crippen molar-refractivity contribution in [3.63, 3.8) is 0 Å². The number of nitrogen functional groups attached to an aromatic ring is 1. The summed E-state index contributed by atoms with van der Waals surface area (Å²) in [4.78, 5) is 24.9. The van der Waals surface area contributed by atoms with Gasteiger partial charge < -0.3 is 20.4 Å². The molecule has 5 aromatic rings. The van der Waals surface area contributed by atoms with Crippen LogP contribution < -0.4 is 15.8 Å². The molecule has 0 saturated carbocycles. The van der Waals surface area contributed by atoms with E-state index in [1.807, 2.05) is 85.3 Å². The first-order valence-corrected chi connectivity index (χ1v) is 11.7. The van der Waals surface area contributed by atoms with Crippen molar-refractivity contribution >= 4 is 22.8 Å². The normalized spacial score (nSPS) is 10.9. The van der Waals surface area contributed by atoms with Gasteiger partial charge in [-0.3, -0.25) is 4.79 Å². The van der Waals surface area contributed by atoms with Crippen molar-refractivity contribution in [3.8, 4) is 34.0 Å². The van der Waals surface area contributed by atoms with E-state index in [4.69, 9.17) is 10.5 Å². The van der Waals surface area contributed by atoms with E-state index in [2.05, 4.69) is 26.8 Å². The second-order valence-electron chi connectivity index (χ2n) is 8.61. The van der Waals surface area contributed by atoms with E-state index in [9.17, 15) is 4.79 Å². The molecule has 0 aliphatic heterocycles. The van der Waals surface area contributed by atoms with Crippen LogP contribution in [-0.4, -0.2) is 25.4 Å². The van der Waals surface area contributed by atoms with E-state index in [0.29, 0.717) is 24.0 Å². The van der Waals surface area contributed by atoms with Gasteiger partial charge in [-0.25, -0.2) is 15.0 Å². The van der Waals surface area contributed by atoms with Crippen LogP contribution in [-0.2, 0) is 18.4 Å². The number of aryl methyl sites for hydroxylation is 2. The number of nitrogens with one attached hydrogen (secondary N) is 1. The molecule has 0 aliphatic carbocycles. The van der Waals surface area contributed by atoms with Crippen LogP contribution in [0.3, 0.4) is 0 Å². The van der Waals surface area contributed by atoms with Crippen LogP contribution in [0.25, 0.3) is 33.4 Å². The monoisotopic (exact) mass is 490 g/mol. The largest absolute Gasteiger partial charge is 0.439 e. The molecule has 0 atom stereocenters. The Hall–Kier alpha value is -4.98. The number of rotatable bonds is 7. The molecule has 8 heteroatoms. The summed E-state index contributed by atoms with van der Waals surface area (Å²) in [7, 11) is 1.96. The van der Waals surface area contributed by atoms with Gasteiger partial charge in [0.15, 0.2) is 0 Å². The molecule has 0 spiro atoms. The van der Waals surface area contributed by atoms with Crippen molar-refractivity contribution in [2.24, 2.45) is 7.05 Å². The number of hydrogen-bond donors (Lipinski definition) is 2. The summed E-state index contributed by atoms with van der Waals surface area (Å²) < 4.78 is 7.96. The Balaban J connectivity index is 1.59. The molecule has 3 N–H and O–H groups in total. The van der Waals surface area contributed by atoms with Crippen molar-refractivity contribution < 1.29 is 9.53 Å². The third-order valence-electron chi connectivity index (χ3n) is 6.08. The summed E-state index contributed by atoms with van der Waals surface area (Å²) in [5, 5.41) is 3.61. The van der Waals surface area contributed by atoms with Gasteiger partial charge in [-0.05, 0) is 54.0 Å². The van der Waals surface area contributed by atoms with Crippen molar-refractivity contribution in [2.45, 2.75) is 13.5 Å². The molecular formula is C29H26N6O2. The lowest BCUT2D eigenvalue weighted by atomic mass is 9.97. The zero-order valence-electron chi connectivity index (χ0n) is 20.6. The molecule has 0 saturated heterocycles. The lowest BCUT2D eigenvalue weighted by Crippen LogP contribution is -2.19. The second kappa shape index (κ2) is 9.94. The number of nitrogens with two attached hydrogens (primary N) is 1. The van der Waals surface area contributed by atoms with E-state index in [1.165, 1.54) is 12.4 Å². The smallest absolute Gasteiger partial charge is 0.243 e. The van der Waals surface area contributed by atoms with Crippen LogP contribution in [0, 0.1) is 6.92 Å². The minimum Gasteiger partial charge on any atom is -0.439 e. The van der Waals surface area contributed by atoms with Crippen LogP contribution in [0.4, 0.5) is 5.82 Å². The van der Waals surface area contributed by atoms with Gasteiger partial charge in [0.25, 0.3) is 0 Å². The third kappa shape index (κ3) is 4.77. The summed E-state index contributed by atoms with van der Waals surface area (Å²) in [6.07, 6.45) is 2.73. The summed E-state index contributed by atoms with van der Waals surface area (Å²) in [6.45, 7) is 5.82. The van der Waals surface area contributed by atoms with Gasteiger partial charge in [0.2, 0.25) is 11.8 Å². The molecule has 0 unspecified atom stereocenters. The van der Waals surface area contributed by atoms with E-state index in [-0.39, 0.29) is 5.91 Å². The Labute approximate surface area is 214 Å². The zero-order valence-corrected chi connectivity index (χ0v) is 20.6. The fourth-order valence-electron chi connectivity index (χ4n) is 4.37. The van der Waals surface area contributed by atoms with E-state index in [0.717, 1.165) is 44.7 Å². The molecule has 0 aliphatic rings. The molecule has 0 radical (unpaired) electrons. The quantitative estimate of drug-likeness (QED) is 0.304. The average Bonchev–Trinajstić information content (AvgIpc) is 3.21. The highest BCUT2D eigenvalue weighted by Gasteiger charge is 2.22. The van der Waals surface area contributed by atoms with Gasteiger partial charge >= 0.3 is 0 Å². The number of aromatic nitrogens is 4. The van der Waals surface area contributed by atoms with Gasteiger partial charge in [-0.15, -0.1) is 0 Å². The number of carbonyl (C=O) groups excluding carboxylic acids is 1. The van der Waals surface area contributed by atoms with Crippen LogP contribution >= 0.6 is 0 Å². The Morgan fingerprint density at radius 3 is 2.62 bits per heavy atom. The molecule has 3 aromatic heterocycles. The maximum Gasteiger partial charge on any atom is 0.243 e. The fraction of sp³-hybridized carbons (Fsp3) is 0.103. The summed E-state index contributed by atoms with van der Waals surface area (Å²) >= 11 is 0. The minimum atomic E-state index is -0.220. The van der Waals surface area contributed by atoms with Crippen LogP contribution in [0.15, 0.2) is 85.7 Å². The summed E-state index contributed by atoms with van der Waals surface area (Å²) in [6, 6.07) is 21.5. The molecule has 2 aromatic carbocycles. The van der Waals surface area contributed by atoms with Gasteiger partial charge in [0, 0.05) is 30.9 Å². The highest BCUT2D eigenvalue weighted by Crippen LogP contribution is 2.42. The highest BCUT2D eigenvalue weighted by atomic mass is 16.5. The third-order valence-corrected chi connectivity index (χ3v) is 6.08. The molecule has 0 fully saturated rings. The van der Waals surface area contributed by atoms with Crippen LogP contribution in [0.1, 0.15) is 11.3 Å².